The Labute approximate surface area is 151 Å². The number of nitrogens with zero attached hydrogens (tertiary/aromatic N) is 2. The third-order valence-corrected chi connectivity index (χ3v) is 4.52. The molecule has 7 heteroatoms. The van der Waals surface area contributed by atoms with Crippen LogP contribution in [0.5, 0.6) is 5.88 Å². The number of ether oxygens (including phenoxy) is 1. The van der Waals surface area contributed by atoms with Crippen molar-refractivity contribution in [1.29, 1.82) is 0 Å². The number of non-ortho nitro benzene ring substituents is 1. The number of carbonyl (C=O) groups excluding carboxylic acids is 1. The fourth-order valence-electron chi connectivity index (χ4n) is 3.02. The van der Waals surface area contributed by atoms with E-state index in [2.05, 4.69) is 10.3 Å². The van der Waals surface area contributed by atoms with Gasteiger partial charge in [0.15, 0.2) is 0 Å². The Morgan fingerprint density at radius 3 is 2.42 bits per heavy atom. The second-order valence-electron chi connectivity index (χ2n) is 6.54. The first-order valence-corrected chi connectivity index (χ1v) is 8.66. The van der Waals surface area contributed by atoms with Gasteiger partial charge < -0.3 is 10.1 Å². The van der Waals surface area contributed by atoms with Crippen LogP contribution in [0.2, 0.25) is 0 Å². The quantitative estimate of drug-likeness (QED) is 0.655. The molecule has 1 fully saturated rings. The van der Waals surface area contributed by atoms with Crippen molar-refractivity contribution >= 4 is 11.6 Å². The number of pyridine rings is 1. The van der Waals surface area contributed by atoms with Crippen molar-refractivity contribution in [2.75, 3.05) is 0 Å². The van der Waals surface area contributed by atoms with E-state index in [-0.39, 0.29) is 23.7 Å². The first kappa shape index (κ1) is 17.8. The number of nitro benzene ring substituents is 1. The van der Waals surface area contributed by atoms with E-state index in [1.165, 1.54) is 24.3 Å². The Balaban J connectivity index is 1.48. The topological polar surface area (TPSA) is 94.4 Å². The van der Waals surface area contributed by atoms with Gasteiger partial charge in [0.1, 0.15) is 6.10 Å². The first-order chi connectivity index (χ1) is 12.5. The third kappa shape index (κ3) is 4.56. The van der Waals surface area contributed by atoms with Crippen LogP contribution < -0.4 is 10.1 Å². The SMILES string of the molecule is Cc1ccc(OC2CCC(NC(=O)c3ccc([N+](=O)[O-])cc3)CC2)nc1. The molecule has 0 atom stereocenters. The minimum Gasteiger partial charge on any atom is -0.474 e. The first-order valence-electron chi connectivity index (χ1n) is 8.66. The van der Waals surface area contributed by atoms with Gasteiger partial charge in [-0.3, -0.25) is 14.9 Å². The van der Waals surface area contributed by atoms with Crippen LogP contribution in [0.1, 0.15) is 41.6 Å². The third-order valence-electron chi connectivity index (χ3n) is 4.52. The normalized spacial score (nSPS) is 19.6. The molecule has 0 spiro atoms. The van der Waals surface area contributed by atoms with E-state index < -0.39 is 4.92 Å². The van der Waals surface area contributed by atoms with Crippen LogP contribution >= 0.6 is 0 Å². The number of nitro groups is 1. The van der Waals surface area contributed by atoms with Crippen LogP contribution in [0.3, 0.4) is 0 Å². The number of hydrogen-bond donors (Lipinski definition) is 1. The molecular formula is C19H21N3O4. The van der Waals surface area contributed by atoms with E-state index in [1.807, 2.05) is 19.1 Å². The number of amides is 1. The summed E-state index contributed by atoms with van der Waals surface area (Å²) >= 11 is 0. The predicted molar refractivity (Wildman–Crippen MR) is 96.2 cm³/mol. The van der Waals surface area contributed by atoms with Crippen molar-refractivity contribution in [2.24, 2.45) is 0 Å². The van der Waals surface area contributed by atoms with Gasteiger partial charge in [0.2, 0.25) is 5.88 Å². The highest BCUT2D eigenvalue weighted by Gasteiger charge is 2.24. The van der Waals surface area contributed by atoms with Gasteiger partial charge in [-0.1, -0.05) is 6.07 Å². The molecule has 1 amide bonds. The molecule has 1 heterocycles. The summed E-state index contributed by atoms with van der Waals surface area (Å²) < 4.78 is 5.90. The smallest absolute Gasteiger partial charge is 0.269 e. The molecule has 7 nitrogen and oxygen atoms in total. The highest BCUT2D eigenvalue weighted by Crippen LogP contribution is 2.23. The summed E-state index contributed by atoms with van der Waals surface area (Å²) in [6, 6.07) is 9.57. The van der Waals surface area contributed by atoms with Crippen LogP contribution in [0.25, 0.3) is 0 Å². The van der Waals surface area contributed by atoms with Crippen molar-refractivity contribution in [3.8, 4) is 5.88 Å². The predicted octanol–water partition coefficient (Wildman–Crippen LogP) is 3.42. The molecule has 1 aliphatic carbocycles. The van der Waals surface area contributed by atoms with Gasteiger partial charge in [-0.15, -0.1) is 0 Å². The molecule has 1 aromatic heterocycles. The lowest BCUT2D eigenvalue weighted by Crippen LogP contribution is -2.39. The molecule has 1 aliphatic rings. The number of nitrogens with one attached hydrogen (secondary N) is 1. The van der Waals surface area contributed by atoms with E-state index in [9.17, 15) is 14.9 Å². The number of aryl methyl sites for hydroxylation is 1. The summed E-state index contributed by atoms with van der Waals surface area (Å²) in [6.45, 7) is 1.98. The van der Waals surface area contributed by atoms with Gasteiger partial charge >= 0.3 is 0 Å². The Kier molecular flexibility index (Phi) is 5.46. The number of aromatic nitrogens is 1. The van der Waals surface area contributed by atoms with Crippen LogP contribution in [0, 0.1) is 17.0 Å². The van der Waals surface area contributed by atoms with Crippen LogP contribution in [0.15, 0.2) is 42.6 Å². The molecule has 0 saturated heterocycles. The summed E-state index contributed by atoms with van der Waals surface area (Å²) in [5.74, 6) is 0.429. The number of carbonyl (C=O) groups is 1. The van der Waals surface area contributed by atoms with Crippen LogP contribution in [0.4, 0.5) is 5.69 Å². The highest BCUT2D eigenvalue weighted by molar-refractivity contribution is 5.94. The molecule has 2 aromatic rings. The zero-order valence-electron chi connectivity index (χ0n) is 14.6. The average molecular weight is 355 g/mol. The second-order valence-corrected chi connectivity index (χ2v) is 6.54. The fraction of sp³-hybridized carbons (Fsp3) is 0.368. The highest BCUT2D eigenvalue weighted by atomic mass is 16.6. The average Bonchev–Trinajstić information content (AvgIpc) is 2.65. The van der Waals surface area contributed by atoms with Crippen LogP contribution in [-0.4, -0.2) is 28.0 Å². The van der Waals surface area contributed by atoms with E-state index in [4.69, 9.17) is 4.74 Å². The second kappa shape index (κ2) is 7.95. The van der Waals surface area contributed by atoms with Gasteiger partial charge in [-0.25, -0.2) is 4.98 Å². The lowest BCUT2D eigenvalue weighted by Gasteiger charge is -2.29. The molecule has 26 heavy (non-hydrogen) atoms. The van der Waals surface area contributed by atoms with Gasteiger partial charge in [-0.05, 0) is 50.3 Å². The molecule has 0 aliphatic heterocycles. The van der Waals surface area contributed by atoms with E-state index in [1.54, 1.807) is 6.20 Å². The van der Waals surface area contributed by atoms with Crippen molar-refractivity contribution in [1.82, 2.24) is 10.3 Å². The lowest BCUT2D eigenvalue weighted by atomic mass is 9.92. The standard InChI is InChI=1S/C19H21N3O4/c1-13-2-11-18(20-12-13)26-17-9-5-15(6-10-17)21-19(23)14-3-7-16(8-4-14)22(24)25/h2-4,7-8,11-12,15,17H,5-6,9-10H2,1H3,(H,21,23). The zero-order valence-corrected chi connectivity index (χ0v) is 14.6. The van der Waals surface area contributed by atoms with Gasteiger partial charge in [-0.2, -0.15) is 0 Å². The van der Waals surface area contributed by atoms with Gasteiger partial charge in [0, 0.05) is 36.0 Å². The van der Waals surface area contributed by atoms with Crippen molar-refractivity contribution in [3.05, 3.63) is 63.8 Å². The van der Waals surface area contributed by atoms with Crippen molar-refractivity contribution < 1.29 is 14.5 Å². The molecular weight excluding hydrogens is 334 g/mol. The monoisotopic (exact) mass is 355 g/mol. The molecule has 1 N–H and O–H groups in total. The van der Waals surface area contributed by atoms with Gasteiger partial charge in [0.05, 0.1) is 4.92 Å². The molecule has 0 bridgehead atoms. The Bertz CT molecular complexity index is 766. The summed E-state index contributed by atoms with van der Waals surface area (Å²) in [4.78, 5) is 26.7. The van der Waals surface area contributed by atoms with E-state index in [0.717, 1.165) is 31.2 Å². The maximum absolute atomic E-state index is 12.3. The maximum Gasteiger partial charge on any atom is 0.269 e. The van der Waals surface area contributed by atoms with E-state index in [0.29, 0.717) is 11.4 Å². The van der Waals surface area contributed by atoms with Crippen LogP contribution in [-0.2, 0) is 0 Å². The molecule has 136 valence electrons. The van der Waals surface area contributed by atoms with Crippen molar-refractivity contribution in [2.45, 2.75) is 44.8 Å². The minimum absolute atomic E-state index is 0.0241. The number of benzene rings is 1. The Morgan fingerprint density at radius 2 is 1.85 bits per heavy atom. The number of rotatable bonds is 5. The minimum atomic E-state index is -0.480. The van der Waals surface area contributed by atoms with Crippen molar-refractivity contribution in [3.63, 3.8) is 0 Å². The summed E-state index contributed by atoms with van der Waals surface area (Å²) in [5, 5.41) is 13.7. The molecule has 1 saturated carbocycles. The Hall–Kier alpha value is -2.96. The molecule has 0 radical (unpaired) electrons. The zero-order chi connectivity index (χ0) is 18.5. The summed E-state index contributed by atoms with van der Waals surface area (Å²) in [5.41, 5.74) is 1.50. The van der Waals surface area contributed by atoms with Gasteiger partial charge in [0.25, 0.3) is 11.6 Å². The van der Waals surface area contributed by atoms with E-state index >= 15 is 0 Å². The summed E-state index contributed by atoms with van der Waals surface area (Å²) in [6.07, 6.45) is 5.25. The summed E-state index contributed by atoms with van der Waals surface area (Å²) in [7, 11) is 0. The fourth-order valence-corrected chi connectivity index (χ4v) is 3.02. The lowest BCUT2D eigenvalue weighted by molar-refractivity contribution is -0.384. The molecule has 1 aromatic carbocycles. The molecule has 0 unspecified atom stereocenters. The molecule has 3 rings (SSSR count). The maximum atomic E-state index is 12.3. The largest absolute Gasteiger partial charge is 0.474 e. The Morgan fingerprint density at radius 1 is 1.15 bits per heavy atom. The number of hydrogen-bond acceptors (Lipinski definition) is 5.